The summed E-state index contributed by atoms with van der Waals surface area (Å²) in [5.74, 6) is -0.315. The zero-order valence-electron chi connectivity index (χ0n) is 14.0. The van der Waals surface area contributed by atoms with Gasteiger partial charge in [-0.1, -0.05) is 47.1 Å². The molecule has 1 amide bonds. The summed E-state index contributed by atoms with van der Waals surface area (Å²) in [6.45, 7) is 3.78. The summed E-state index contributed by atoms with van der Waals surface area (Å²) in [5, 5.41) is 16.9. The van der Waals surface area contributed by atoms with Crippen molar-refractivity contribution in [2.24, 2.45) is 0 Å². The van der Waals surface area contributed by atoms with Crippen molar-refractivity contribution in [3.8, 4) is 0 Å². The number of nitro benzene ring substituents is 1. The van der Waals surface area contributed by atoms with E-state index < -0.39 is 11.0 Å². The Morgan fingerprint density at radius 2 is 1.84 bits per heavy atom. The average Bonchev–Trinajstić information content (AvgIpc) is 2.60. The zero-order chi connectivity index (χ0) is 18.4. The number of nitrogens with one attached hydrogen (secondary N) is 2. The second-order valence-corrected chi connectivity index (χ2v) is 6.58. The van der Waals surface area contributed by atoms with Gasteiger partial charge in [0.2, 0.25) is 5.91 Å². The van der Waals surface area contributed by atoms with Gasteiger partial charge in [0, 0.05) is 16.6 Å². The minimum absolute atomic E-state index is 0.0135. The van der Waals surface area contributed by atoms with Crippen LogP contribution in [0.3, 0.4) is 0 Å². The lowest BCUT2D eigenvalue weighted by molar-refractivity contribution is -0.383. The molecule has 0 aliphatic rings. The number of para-hydroxylation sites is 2. The van der Waals surface area contributed by atoms with Crippen LogP contribution in [-0.4, -0.2) is 16.9 Å². The molecule has 0 spiro atoms. The lowest BCUT2D eigenvalue weighted by Gasteiger charge is -2.22. The van der Waals surface area contributed by atoms with Gasteiger partial charge in [-0.3, -0.25) is 20.2 Å². The maximum Gasteiger partial charge on any atom is 0.292 e. The van der Waals surface area contributed by atoms with Crippen LogP contribution in [0, 0.1) is 10.1 Å². The minimum Gasteiger partial charge on any atom is -0.319 e. The summed E-state index contributed by atoms with van der Waals surface area (Å²) >= 11 is 3.41. The highest BCUT2D eigenvalue weighted by Crippen LogP contribution is 2.24. The van der Waals surface area contributed by atoms with Crippen LogP contribution < -0.4 is 10.6 Å². The van der Waals surface area contributed by atoms with Gasteiger partial charge >= 0.3 is 0 Å². The third-order valence-corrected chi connectivity index (χ3v) is 4.41. The summed E-state index contributed by atoms with van der Waals surface area (Å²) in [6, 6.07) is 13.5. The molecule has 0 saturated carbocycles. The molecule has 0 radical (unpaired) electrons. The first-order valence-corrected chi connectivity index (χ1v) is 8.77. The van der Waals surface area contributed by atoms with E-state index in [2.05, 4.69) is 26.6 Å². The van der Waals surface area contributed by atoms with Gasteiger partial charge in [0.25, 0.3) is 5.69 Å². The summed E-state index contributed by atoms with van der Waals surface area (Å²) < 4.78 is 0.994. The molecule has 0 fully saturated rings. The van der Waals surface area contributed by atoms with Crippen LogP contribution >= 0.6 is 15.9 Å². The van der Waals surface area contributed by atoms with Gasteiger partial charge in [-0.25, -0.2) is 0 Å². The molecule has 0 aromatic heterocycles. The van der Waals surface area contributed by atoms with Gasteiger partial charge < -0.3 is 5.32 Å². The number of benzene rings is 2. The lowest BCUT2D eigenvalue weighted by Crippen LogP contribution is -2.40. The fraction of sp³-hybridized carbons (Fsp3) is 0.278. The van der Waals surface area contributed by atoms with Gasteiger partial charge in [-0.2, -0.15) is 0 Å². The number of amides is 1. The highest BCUT2D eigenvalue weighted by atomic mass is 79.9. The zero-order valence-corrected chi connectivity index (χ0v) is 15.6. The Hall–Kier alpha value is -2.25. The molecule has 2 N–H and O–H groups in total. The maximum absolute atomic E-state index is 12.4. The first kappa shape index (κ1) is 19.1. The van der Waals surface area contributed by atoms with Gasteiger partial charge in [0.1, 0.15) is 5.69 Å². The number of anilines is 1. The highest BCUT2D eigenvalue weighted by molar-refractivity contribution is 9.10. The molecule has 0 bridgehead atoms. The molecular weight excluding hydrogens is 386 g/mol. The van der Waals surface area contributed by atoms with E-state index in [0.29, 0.717) is 0 Å². The first-order valence-electron chi connectivity index (χ1n) is 7.98. The molecule has 2 atom stereocenters. The number of carbonyl (C=O) groups is 1. The van der Waals surface area contributed by atoms with Gasteiger partial charge in [-0.15, -0.1) is 0 Å². The van der Waals surface area contributed by atoms with Crippen LogP contribution in [-0.2, 0) is 4.79 Å². The number of nitrogens with zero attached hydrogens (tertiary/aromatic N) is 1. The minimum atomic E-state index is -0.510. The molecule has 0 heterocycles. The number of hydrogen-bond acceptors (Lipinski definition) is 4. The van der Waals surface area contributed by atoms with Gasteiger partial charge in [0.15, 0.2) is 0 Å². The van der Waals surface area contributed by atoms with E-state index in [9.17, 15) is 14.9 Å². The van der Waals surface area contributed by atoms with Crippen molar-refractivity contribution in [3.05, 3.63) is 68.7 Å². The molecule has 6 nitrogen and oxygen atoms in total. The van der Waals surface area contributed by atoms with Gasteiger partial charge in [0.05, 0.1) is 11.0 Å². The van der Waals surface area contributed by atoms with Crippen molar-refractivity contribution in [1.29, 1.82) is 0 Å². The average molecular weight is 406 g/mol. The Labute approximate surface area is 154 Å². The molecular formula is C18H20BrN3O3. The third kappa shape index (κ3) is 5.11. The molecule has 0 aliphatic heterocycles. The van der Waals surface area contributed by atoms with Crippen LogP contribution in [0.5, 0.6) is 0 Å². The quantitative estimate of drug-likeness (QED) is 0.527. The molecule has 0 saturated heterocycles. The molecule has 7 heteroatoms. The molecule has 2 rings (SSSR count). The number of carbonyl (C=O) groups excluding carboxylic acids is 1. The first-order chi connectivity index (χ1) is 11.9. The van der Waals surface area contributed by atoms with E-state index in [4.69, 9.17) is 0 Å². The van der Waals surface area contributed by atoms with Crippen LogP contribution in [0.25, 0.3) is 0 Å². The Bertz CT molecular complexity index is 749. The molecule has 2 aromatic carbocycles. The molecule has 0 aliphatic carbocycles. The van der Waals surface area contributed by atoms with Crippen molar-refractivity contribution < 1.29 is 9.72 Å². The Kier molecular flexibility index (Phi) is 6.66. The number of hydrogen-bond donors (Lipinski definition) is 2. The molecule has 0 unspecified atom stereocenters. The standard InChI is InChI=1S/C18H20BrN3O3/c1-3-15(13-8-10-14(19)11-9-13)20-12(2)18(23)21-16-6-4-5-7-17(16)22(24)25/h4-12,15,20H,3H2,1-2H3,(H,21,23)/t12-,15-/m1/s1. The molecule has 132 valence electrons. The van der Waals surface area contributed by atoms with Crippen LogP contribution in [0.4, 0.5) is 11.4 Å². The fourth-order valence-electron chi connectivity index (χ4n) is 2.50. The lowest BCUT2D eigenvalue weighted by atomic mass is 10.0. The van der Waals surface area contributed by atoms with Crippen molar-refractivity contribution in [1.82, 2.24) is 5.32 Å². The normalized spacial score (nSPS) is 13.1. The topological polar surface area (TPSA) is 84.3 Å². The van der Waals surface area contributed by atoms with E-state index in [1.54, 1.807) is 19.1 Å². The summed E-state index contributed by atoms with van der Waals surface area (Å²) in [7, 11) is 0. The fourth-order valence-corrected chi connectivity index (χ4v) is 2.77. The van der Waals surface area contributed by atoms with Gasteiger partial charge in [-0.05, 0) is 37.1 Å². The maximum atomic E-state index is 12.4. The van der Waals surface area contributed by atoms with Crippen molar-refractivity contribution in [2.45, 2.75) is 32.4 Å². The van der Waals surface area contributed by atoms with Crippen LogP contribution in [0.15, 0.2) is 53.0 Å². The Balaban J connectivity index is 2.07. The summed E-state index contributed by atoms with van der Waals surface area (Å²) in [6.07, 6.45) is 0.810. The van der Waals surface area contributed by atoms with Crippen LogP contribution in [0.1, 0.15) is 31.9 Å². The van der Waals surface area contributed by atoms with E-state index in [0.717, 1.165) is 16.5 Å². The Morgan fingerprint density at radius 1 is 1.20 bits per heavy atom. The van der Waals surface area contributed by atoms with E-state index in [1.807, 2.05) is 31.2 Å². The number of rotatable bonds is 7. The summed E-state index contributed by atoms with van der Waals surface area (Å²) in [4.78, 5) is 23.0. The van der Waals surface area contributed by atoms with Crippen molar-refractivity contribution >= 4 is 33.2 Å². The number of nitro groups is 1. The van der Waals surface area contributed by atoms with E-state index in [1.165, 1.54) is 12.1 Å². The number of halogens is 1. The van der Waals surface area contributed by atoms with Crippen LogP contribution in [0.2, 0.25) is 0 Å². The van der Waals surface area contributed by atoms with Crippen molar-refractivity contribution in [3.63, 3.8) is 0 Å². The SMILES string of the molecule is CC[C@@H](N[C@H](C)C(=O)Nc1ccccc1[N+](=O)[O-])c1ccc(Br)cc1. The largest absolute Gasteiger partial charge is 0.319 e. The second kappa shape index (κ2) is 8.73. The van der Waals surface area contributed by atoms with E-state index in [-0.39, 0.29) is 23.3 Å². The predicted molar refractivity (Wildman–Crippen MR) is 101 cm³/mol. The Morgan fingerprint density at radius 3 is 2.44 bits per heavy atom. The second-order valence-electron chi connectivity index (χ2n) is 5.66. The predicted octanol–water partition coefficient (Wildman–Crippen LogP) is 4.43. The van der Waals surface area contributed by atoms with E-state index >= 15 is 0 Å². The monoisotopic (exact) mass is 405 g/mol. The summed E-state index contributed by atoms with van der Waals surface area (Å²) in [5.41, 5.74) is 1.15. The smallest absolute Gasteiger partial charge is 0.292 e. The molecule has 2 aromatic rings. The molecule has 25 heavy (non-hydrogen) atoms. The van der Waals surface area contributed by atoms with Crippen molar-refractivity contribution in [2.75, 3.05) is 5.32 Å². The third-order valence-electron chi connectivity index (χ3n) is 3.88. The highest BCUT2D eigenvalue weighted by Gasteiger charge is 2.21.